The number of aliphatic hydroxyl groups is 3. The summed E-state index contributed by atoms with van der Waals surface area (Å²) in [6.07, 6.45) is -4.70. The second kappa shape index (κ2) is 17.8. The van der Waals surface area contributed by atoms with Crippen molar-refractivity contribution in [1.29, 1.82) is 0 Å². The first-order valence-electron chi connectivity index (χ1n) is 17.7. The molecule has 294 valence electrons. The number of aliphatic hydroxyl groups excluding tert-OH is 2. The molecule has 7 N–H and O–H groups in total. The molecule has 0 bridgehead atoms. The molecule has 17 heteroatoms. The lowest BCUT2D eigenvalue weighted by Gasteiger charge is -2.41. The maximum atomic E-state index is 13.9. The summed E-state index contributed by atoms with van der Waals surface area (Å²) < 4.78 is 27.8. The first-order valence-corrected chi connectivity index (χ1v) is 17.7. The topological polar surface area (TPSA) is 257 Å². The summed E-state index contributed by atoms with van der Waals surface area (Å²) in [5, 5.41) is 60.3. The lowest BCUT2D eigenvalue weighted by Crippen LogP contribution is -2.53. The third-order valence-electron chi connectivity index (χ3n) is 9.63. The molecule has 1 fully saturated rings. The number of rotatable bonds is 17. The maximum absolute atomic E-state index is 13.9. The van der Waals surface area contributed by atoms with Gasteiger partial charge in [-0.25, -0.2) is 0 Å². The quantitative estimate of drug-likeness (QED) is 0.0712. The van der Waals surface area contributed by atoms with Crippen molar-refractivity contribution < 1.29 is 73.2 Å². The number of hydrogen-bond donors (Lipinski definition) is 7. The van der Waals surface area contributed by atoms with Crippen LogP contribution in [0.3, 0.4) is 0 Å². The van der Waals surface area contributed by atoms with E-state index in [4.69, 9.17) is 23.7 Å². The zero-order valence-electron chi connectivity index (χ0n) is 30.1. The van der Waals surface area contributed by atoms with Crippen LogP contribution in [0.1, 0.15) is 88.1 Å². The van der Waals surface area contributed by atoms with Gasteiger partial charge in [0.1, 0.15) is 29.5 Å². The van der Waals surface area contributed by atoms with Crippen molar-refractivity contribution in [2.75, 3.05) is 53.3 Å². The Hall–Kier alpha value is -4.49. The van der Waals surface area contributed by atoms with Crippen molar-refractivity contribution in [3.63, 3.8) is 0 Å². The molecule has 1 unspecified atom stereocenters. The highest BCUT2D eigenvalue weighted by Gasteiger charge is 2.50. The molecular weight excluding hydrogens is 712 g/mol. The molecule has 17 nitrogen and oxygen atoms in total. The molecule has 0 radical (unpaired) electrons. The van der Waals surface area contributed by atoms with Crippen LogP contribution in [-0.2, 0) is 39.8 Å². The number of amides is 2. The van der Waals surface area contributed by atoms with Gasteiger partial charge in [-0.15, -0.1) is 0 Å². The van der Waals surface area contributed by atoms with Gasteiger partial charge in [-0.1, -0.05) is 19.1 Å². The SMILES string of the molecule is CCCOCCOCCNC(=O)CCC(=O)N[C@H]1CC(O[C@H]2C[C@](O)(C(=O)CO)Cc3c(O)c4c(c(O)c32)C(=O)c2c(OC)cccc2C4=O)OC[C@H]1O. The predicted molar refractivity (Wildman–Crippen MR) is 185 cm³/mol. The molecule has 0 saturated carbocycles. The minimum atomic E-state index is -2.34. The fourth-order valence-electron chi connectivity index (χ4n) is 6.91. The number of carbonyl (C=O) groups excluding carboxylic acids is 5. The van der Waals surface area contributed by atoms with E-state index in [1.54, 1.807) is 0 Å². The number of carbonyl (C=O) groups is 5. The van der Waals surface area contributed by atoms with Gasteiger partial charge in [-0.05, 0) is 12.5 Å². The van der Waals surface area contributed by atoms with Gasteiger partial charge in [-0.3, -0.25) is 24.0 Å². The van der Waals surface area contributed by atoms with Gasteiger partial charge in [0.25, 0.3) is 0 Å². The standard InChI is InChI=1S/C37H46N2O15/c1-3-10-51-12-13-52-11-9-38-26(43)7-8-27(44)39-21-14-28(53-18-22(21)41)54-24-16-37(49,25(42)17-40)15-20-30(24)36(48)32-31(34(20)46)33(45)19-5-4-6-23(50-2)29(19)35(32)47/h4-6,21-22,24,28,40-41,46,48-49H,3,7-18H2,1-2H3,(H,38,43)(H,39,44)/t21-,22+,24-,28?,37-/m0/s1. The number of phenols is 2. The largest absolute Gasteiger partial charge is 0.507 e. The van der Waals surface area contributed by atoms with Crippen LogP contribution >= 0.6 is 0 Å². The Morgan fingerprint density at radius 3 is 2.37 bits per heavy atom. The number of phenolic OH excluding ortho intramolecular Hbond substituents is 2. The van der Waals surface area contributed by atoms with Crippen LogP contribution in [0.5, 0.6) is 17.2 Å². The van der Waals surface area contributed by atoms with Gasteiger partial charge in [0.05, 0.1) is 68.5 Å². The van der Waals surface area contributed by atoms with Gasteiger partial charge in [0.15, 0.2) is 17.9 Å². The van der Waals surface area contributed by atoms with Gasteiger partial charge < -0.3 is 59.9 Å². The summed E-state index contributed by atoms with van der Waals surface area (Å²) in [5.74, 6) is -5.03. The number of fused-ring (bicyclic) bond motifs is 3. The van der Waals surface area contributed by atoms with E-state index in [0.717, 1.165) is 6.42 Å². The van der Waals surface area contributed by atoms with Crippen molar-refractivity contribution in [1.82, 2.24) is 10.6 Å². The first-order chi connectivity index (χ1) is 25.8. The molecule has 2 aromatic carbocycles. The minimum absolute atomic E-state index is 0.0562. The number of aromatic hydroxyl groups is 2. The van der Waals surface area contributed by atoms with Gasteiger partial charge in [0.2, 0.25) is 17.6 Å². The van der Waals surface area contributed by atoms with E-state index < -0.39 is 95.5 Å². The van der Waals surface area contributed by atoms with E-state index in [2.05, 4.69) is 10.6 Å². The molecule has 5 rings (SSSR count). The number of nitrogens with one attached hydrogen (secondary N) is 2. The second-order valence-corrected chi connectivity index (χ2v) is 13.3. The summed E-state index contributed by atoms with van der Waals surface area (Å²) in [5.41, 5.74) is -4.09. The van der Waals surface area contributed by atoms with Crippen LogP contribution in [0.2, 0.25) is 0 Å². The normalized spacial score (nSPS) is 23.2. The lowest BCUT2D eigenvalue weighted by atomic mass is 9.72. The highest BCUT2D eigenvalue weighted by atomic mass is 16.7. The van der Waals surface area contributed by atoms with E-state index >= 15 is 0 Å². The highest BCUT2D eigenvalue weighted by molar-refractivity contribution is 6.31. The van der Waals surface area contributed by atoms with E-state index in [1.807, 2.05) is 6.92 Å². The van der Waals surface area contributed by atoms with Crippen molar-refractivity contribution in [3.8, 4) is 17.2 Å². The smallest absolute Gasteiger partial charge is 0.220 e. The number of ether oxygens (including phenoxy) is 5. The van der Waals surface area contributed by atoms with Crippen LogP contribution < -0.4 is 15.4 Å². The molecule has 1 aliphatic heterocycles. The Morgan fingerprint density at radius 1 is 0.963 bits per heavy atom. The minimum Gasteiger partial charge on any atom is -0.507 e. The Kier molecular flexibility index (Phi) is 13.4. The average Bonchev–Trinajstić information content (AvgIpc) is 3.15. The molecule has 5 atom stereocenters. The van der Waals surface area contributed by atoms with Crippen molar-refractivity contribution in [2.45, 2.75) is 75.6 Å². The number of benzene rings is 2. The monoisotopic (exact) mass is 758 g/mol. The molecule has 2 amide bonds. The zero-order valence-corrected chi connectivity index (χ0v) is 30.1. The lowest BCUT2D eigenvalue weighted by molar-refractivity contribution is -0.225. The van der Waals surface area contributed by atoms with Gasteiger partial charge in [0, 0.05) is 61.9 Å². The van der Waals surface area contributed by atoms with E-state index in [0.29, 0.717) is 19.8 Å². The summed E-state index contributed by atoms with van der Waals surface area (Å²) in [7, 11) is 1.30. The van der Waals surface area contributed by atoms with E-state index in [9.17, 15) is 49.5 Å². The number of methoxy groups -OCH3 is 1. The fraction of sp³-hybridized carbons (Fsp3) is 0.541. The molecule has 1 saturated heterocycles. The molecule has 2 aliphatic carbocycles. The molecule has 0 aromatic heterocycles. The highest BCUT2D eigenvalue weighted by Crippen LogP contribution is 2.52. The molecule has 54 heavy (non-hydrogen) atoms. The third-order valence-corrected chi connectivity index (χ3v) is 9.63. The van der Waals surface area contributed by atoms with Crippen LogP contribution in [0, 0.1) is 0 Å². The average molecular weight is 759 g/mol. The molecule has 2 aromatic rings. The summed E-state index contributed by atoms with van der Waals surface area (Å²) in [4.78, 5) is 65.4. The molecular formula is C37H46N2O15. The van der Waals surface area contributed by atoms with Crippen molar-refractivity contribution in [2.24, 2.45) is 0 Å². The fourth-order valence-corrected chi connectivity index (χ4v) is 6.91. The summed E-state index contributed by atoms with van der Waals surface area (Å²) in [6, 6.07) is 3.36. The van der Waals surface area contributed by atoms with Crippen molar-refractivity contribution in [3.05, 3.63) is 51.6 Å². The maximum Gasteiger partial charge on any atom is 0.220 e. The molecule has 3 aliphatic rings. The van der Waals surface area contributed by atoms with Crippen LogP contribution in [0.4, 0.5) is 0 Å². The number of Topliss-reactive ketones (excluding diaryl/α,β-unsaturated/α-hetero) is 1. The third kappa shape index (κ3) is 8.57. The van der Waals surface area contributed by atoms with Crippen molar-refractivity contribution >= 4 is 29.2 Å². The second-order valence-electron chi connectivity index (χ2n) is 13.3. The first kappa shape index (κ1) is 40.7. The summed E-state index contributed by atoms with van der Waals surface area (Å²) in [6.45, 7) is 2.60. The van der Waals surface area contributed by atoms with Crippen LogP contribution in [-0.4, -0.2) is 132 Å². The molecule has 1 heterocycles. The number of ketones is 3. The number of hydrogen-bond acceptors (Lipinski definition) is 15. The Labute approximate surface area is 310 Å². The zero-order chi connectivity index (χ0) is 39.2. The van der Waals surface area contributed by atoms with Crippen LogP contribution in [0.25, 0.3) is 0 Å². The Bertz CT molecular complexity index is 1760. The van der Waals surface area contributed by atoms with Gasteiger partial charge in [-0.2, -0.15) is 0 Å². The Morgan fingerprint density at radius 2 is 1.67 bits per heavy atom. The van der Waals surface area contributed by atoms with Crippen LogP contribution in [0.15, 0.2) is 18.2 Å². The molecule has 0 spiro atoms. The van der Waals surface area contributed by atoms with Gasteiger partial charge >= 0.3 is 0 Å². The van der Waals surface area contributed by atoms with E-state index in [1.165, 1.54) is 25.3 Å². The Balaban J connectivity index is 1.30. The van der Waals surface area contributed by atoms with E-state index in [-0.39, 0.29) is 72.9 Å². The predicted octanol–water partition coefficient (Wildman–Crippen LogP) is 0.110. The summed E-state index contributed by atoms with van der Waals surface area (Å²) >= 11 is 0.